The molecule has 100 valence electrons. The molecular formula is C15H15F2NO. The summed E-state index contributed by atoms with van der Waals surface area (Å²) in [6.07, 6.45) is 3.35. The average Bonchev–Trinajstić information content (AvgIpc) is 2.82. The molecule has 1 aromatic heterocycles. The van der Waals surface area contributed by atoms with Crippen LogP contribution in [0.2, 0.25) is 0 Å². The van der Waals surface area contributed by atoms with Crippen molar-refractivity contribution in [2.24, 2.45) is 5.92 Å². The summed E-state index contributed by atoms with van der Waals surface area (Å²) in [5, 5.41) is 0. The molecule has 2 aromatic rings. The van der Waals surface area contributed by atoms with Gasteiger partial charge >= 0.3 is 0 Å². The van der Waals surface area contributed by atoms with Crippen molar-refractivity contribution in [1.29, 1.82) is 0 Å². The van der Waals surface area contributed by atoms with Gasteiger partial charge in [0.15, 0.2) is 17.4 Å². The third kappa shape index (κ3) is 2.89. The molecule has 2 rings (SSSR count). The summed E-state index contributed by atoms with van der Waals surface area (Å²) in [6.45, 7) is 3.85. The maximum Gasteiger partial charge on any atom is 0.166 e. The van der Waals surface area contributed by atoms with Crippen LogP contribution in [0.4, 0.5) is 8.78 Å². The van der Waals surface area contributed by atoms with Crippen LogP contribution in [0.25, 0.3) is 0 Å². The maximum absolute atomic E-state index is 13.5. The van der Waals surface area contributed by atoms with Gasteiger partial charge in [0.2, 0.25) is 0 Å². The van der Waals surface area contributed by atoms with E-state index in [1.165, 1.54) is 12.1 Å². The van der Waals surface area contributed by atoms with E-state index in [1.54, 1.807) is 23.0 Å². The van der Waals surface area contributed by atoms with Gasteiger partial charge in [-0.2, -0.15) is 0 Å². The smallest absolute Gasteiger partial charge is 0.166 e. The predicted molar refractivity (Wildman–Crippen MR) is 69.1 cm³/mol. The number of halogens is 2. The van der Waals surface area contributed by atoms with E-state index in [1.807, 2.05) is 13.8 Å². The van der Waals surface area contributed by atoms with E-state index in [0.717, 1.165) is 6.07 Å². The number of carbonyl (C=O) groups excluding carboxylic acids is 1. The third-order valence-corrected chi connectivity index (χ3v) is 2.94. The van der Waals surface area contributed by atoms with Crippen molar-refractivity contribution in [2.45, 2.75) is 20.4 Å². The number of hydrogen-bond donors (Lipinski definition) is 0. The van der Waals surface area contributed by atoms with E-state index in [9.17, 15) is 13.6 Å². The molecular weight excluding hydrogens is 248 g/mol. The Balaban J connectivity index is 2.21. The molecule has 0 atom stereocenters. The van der Waals surface area contributed by atoms with Crippen LogP contribution < -0.4 is 0 Å². The fourth-order valence-electron chi connectivity index (χ4n) is 1.89. The van der Waals surface area contributed by atoms with Gasteiger partial charge in [-0.25, -0.2) is 8.78 Å². The minimum atomic E-state index is -0.858. The number of ketones is 1. The molecule has 0 radical (unpaired) electrons. The van der Waals surface area contributed by atoms with E-state index in [0.29, 0.717) is 5.56 Å². The highest BCUT2D eigenvalue weighted by atomic mass is 19.2. The lowest BCUT2D eigenvalue weighted by atomic mass is 10.0. The maximum atomic E-state index is 13.5. The average molecular weight is 263 g/mol. The molecule has 0 amide bonds. The zero-order chi connectivity index (χ0) is 14.0. The molecule has 0 saturated heterocycles. The molecule has 0 aliphatic rings. The van der Waals surface area contributed by atoms with Crippen LogP contribution in [-0.2, 0) is 6.54 Å². The number of carbonyl (C=O) groups is 1. The predicted octanol–water partition coefficient (Wildman–Crippen LogP) is 3.65. The number of rotatable bonds is 4. The number of hydrogen-bond acceptors (Lipinski definition) is 1. The largest absolute Gasteiger partial charge is 0.349 e. The Hall–Kier alpha value is -1.97. The zero-order valence-corrected chi connectivity index (χ0v) is 10.9. The van der Waals surface area contributed by atoms with Crippen molar-refractivity contribution in [2.75, 3.05) is 0 Å². The molecule has 0 spiro atoms. The second kappa shape index (κ2) is 5.34. The molecule has 19 heavy (non-hydrogen) atoms. The molecule has 0 fully saturated rings. The van der Waals surface area contributed by atoms with Gasteiger partial charge in [-0.15, -0.1) is 0 Å². The van der Waals surface area contributed by atoms with Crippen LogP contribution in [0.5, 0.6) is 0 Å². The van der Waals surface area contributed by atoms with E-state index < -0.39 is 11.6 Å². The molecule has 0 saturated carbocycles. The second-order valence-electron chi connectivity index (χ2n) is 4.80. The first-order valence-corrected chi connectivity index (χ1v) is 6.12. The van der Waals surface area contributed by atoms with Crippen LogP contribution in [0.15, 0.2) is 36.7 Å². The molecule has 0 N–H and O–H groups in total. The van der Waals surface area contributed by atoms with Gasteiger partial charge in [0.25, 0.3) is 0 Å². The van der Waals surface area contributed by atoms with Crippen molar-refractivity contribution >= 4 is 5.78 Å². The fourth-order valence-corrected chi connectivity index (χ4v) is 1.89. The zero-order valence-electron chi connectivity index (χ0n) is 10.9. The SMILES string of the molecule is CC(C)C(=O)c1ccn(Cc2cccc(F)c2F)c1. The molecule has 0 unspecified atom stereocenters. The van der Waals surface area contributed by atoms with Crippen LogP contribution in [-0.4, -0.2) is 10.4 Å². The van der Waals surface area contributed by atoms with Crippen molar-refractivity contribution in [3.63, 3.8) is 0 Å². The van der Waals surface area contributed by atoms with E-state index in [2.05, 4.69) is 0 Å². The highest BCUT2D eigenvalue weighted by Gasteiger charge is 2.13. The van der Waals surface area contributed by atoms with Gasteiger partial charge in [0, 0.05) is 29.4 Å². The number of Topliss-reactive ketones (excluding diaryl/α,β-unsaturated/α-hetero) is 1. The Bertz CT molecular complexity index is 602. The highest BCUT2D eigenvalue weighted by Crippen LogP contribution is 2.15. The van der Waals surface area contributed by atoms with Crippen LogP contribution >= 0.6 is 0 Å². The summed E-state index contributed by atoms with van der Waals surface area (Å²) in [5.41, 5.74) is 0.853. The Morgan fingerprint density at radius 3 is 2.68 bits per heavy atom. The quantitative estimate of drug-likeness (QED) is 0.772. The molecule has 1 heterocycles. The first-order chi connectivity index (χ1) is 8.99. The minimum Gasteiger partial charge on any atom is -0.349 e. The molecule has 2 nitrogen and oxygen atoms in total. The van der Waals surface area contributed by atoms with Gasteiger partial charge in [-0.05, 0) is 12.1 Å². The van der Waals surface area contributed by atoms with Crippen LogP contribution in [0.3, 0.4) is 0 Å². The van der Waals surface area contributed by atoms with Gasteiger partial charge in [0.1, 0.15) is 0 Å². The first-order valence-electron chi connectivity index (χ1n) is 6.12. The summed E-state index contributed by atoms with van der Waals surface area (Å²) in [5.74, 6) is -1.74. The van der Waals surface area contributed by atoms with Crippen LogP contribution in [0, 0.1) is 17.6 Å². The van der Waals surface area contributed by atoms with Gasteiger partial charge in [0.05, 0.1) is 6.54 Å². The van der Waals surface area contributed by atoms with Gasteiger partial charge in [-0.3, -0.25) is 4.79 Å². The lowest BCUT2D eigenvalue weighted by Gasteiger charge is -2.05. The van der Waals surface area contributed by atoms with E-state index >= 15 is 0 Å². The summed E-state index contributed by atoms with van der Waals surface area (Å²) >= 11 is 0. The lowest BCUT2D eigenvalue weighted by Crippen LogP contribution is -2.06. The Morgan fingerprint density at radius 2 is 2.00 bits per heavy atom. The first kappa shape index (κ1) is 13.5. The monoisotopic (exact) mass is 263 g/mol. The van der Waals surface area contributed by atoms with Crippen molar-refractivity contribution in [3.05, 3.63) is 59.4 Å². The normalized spacial score (nSPS) is 11.0. The molecule has 0 aliphatic carbocycles. The van der Waals surface area contributed by atoms with Crippen molar-refractivity contribution < 1.29 is 13.6 Å². The van der Waals surface area contributed by atoms with Crippen molar-refractivity contribution in [1.82, 2.24) is 4.57 Å². The molecule has 0 bridgehead atoms. The molecule has 1 aromatic carbocycles. The lowest BCUT2D eigenvalue weighted by molar-refractivity contribution is 0.0939. The summed E-state index contributed by atoms with van der Waals surface area (Å²) < 4.78 is 28.3. The number of nitrogens with zero attached hydrogens (tertiary/aromatic N) is 1. The summed E-state index contributed by atoms with van der Waals surface area (Å²) in [7, 11) is 0. The summed E-state index contributed by atoms with van der Waals surface area (Å²) in [4.78, 5) is 11.8. The highest BCUT2D eigenvalue weighted by molar-refractivity contribution is 5.97. The fraction of sp³-hybridized carbons (Fsp3) is 0.267. The topological polar surface area (TPSA) is 22.0 Å². The Labute approximate surface area is 110 Å². The van der Waals surface area contributed by atoms with Crippen molar-refractivity contribution in [3.8, 4) is 0 Å². The third-order valence-electron chi connectivity index (χ3n) is 2.94. The second-order valence-corrected chi connectivity index (χ2v) is 4.80. The Kier molecular flexibility index (Phi) is 3.79. The van der Waals surface area contributed by atoms with E-state index in [-0.39, 0.29) is 23.8 Å². The van der Waals surface area contributed by atoms with Crippen LogP contribution in [0.1, 0.15) is 29.8 Å². The standard InChI is InChI=1S/C15H15F2NO/c1-10(2)15(19)12-6-7-18(9-12)8-11-4-3-5-13(16)14(11)17/h3-7,9-10H,8H2,1-2H3. The van der Waals surface area contributed by atoms with Gasteiger partial charge < -0.3 is 4.57 Å². The van der Waals surface area contributed by atoms with E-state index in [4.69, 9.17) is 0 Å². The number of benzene rings is 1. The number of aromatic nitrogens is 1. The molecule has 0 aliphatic heterocycles. The minimum absolute atomic E-state index is 0.0402. The van der Waals surface area contributed by atoms with Gasteiger partial charge in [-0.1, -0.05) is 26.0 Å². The summed E-state index contributed by atoms with van der Waals surface area (Å²) in [6, 6.07) is 5.78. The molecule has 4 heteroatoms. The Morgan fingerprint density at radius 1 is 1.26 bits per heavy atom.